The van der Waals surface area contributed by atoms with Crippen molar-refractivity contribution < 1.29 is 24.8 Å². The highest BCUT2D eigenvalue weighted by Gasteiger charge is 2.27. The summed E-state index contributed by atoms with van der Waals surface area (Å²) in [5.74, 6) is 1.59. The summed E-state index contributed by atoms with van der Waals surface area (Å²) in [6.45, 7) is 4.52. The van der Waals surface area contributed by atoms with E-state index in [4.69, 9.17) is 14.6 Å². The summed E-state index contributed by atoms with van der Waals surface area (Å²) in [7, 11) is 0. The molecule has 5 nitrogen and oxygen atoms in total. The van der Waals surface area contributed by atoms with Crippen LogP contribution in [0.25, 0.3) is 0 Å². The predicted octanol–water partition coefficient (Wildman–Crippen LogP) is 3.11. The van der Waals surface area contributed by atoms with Gasteiger partial charge in [-0.1, -0.05) is 60.2 Å². The van der Waals surface area contributed by atoms with E-state index >= 15 is 0 Å². The standard InChI is InChI=1S/C21H29IO5/c1-21(2,15-3-7-19(8-4-15)26-13-17(24)11-22)16-5-9-20(10-6-16)27-14-18(25)12-23/h3-5,7-9,17-18,23-25H,6,10-14H2,1-2H3. The molecule has 1 aliphatic rings. The number of halogens is 1. The number of hydrogen-bond donors (Lipinski definition) is 3. The number of hydrogen-bond acceptors (Lipinski definition) is 5. The third kappa shape index (κ3) is 6.48. The van der Waals surface area contributed by atoms with Gasteiger partial charge in [0.1, 0.15) is 25.1 Å². The lowest BCUT2D eigenvalue weighted by molar-refractivity contribution is 0.0281. The van der Waals surface area contributed by atoms with Crippen molar-refractivity contribution in [1.82, 2.24) is 0 Å². The first-order chi connectivity index (χ1) is 12.9. The quantitative estimate of drug-likeness (QED) is 0.349. The van der Waals surface area contributed by atoms with Crippen molar-refractivity contribution in [2.75, 3.05) is 24.2 Å². The molecule has 0 spiro atoms. The molecule has 0 saturated carbocycles. The van der Waals surface area contributed by atoms with Gasteiger partial charge in [-0.25, -0.2) is 0 Å². The van der Waals surface area contributed by atoms with Crippen molar-refractivity contribution in [3.8, 4) is 5.75 Å². The molecular formula is C21H29IO5. The molecule has 2 unspecified atom stereocenters. The molecule has 150 valence electrons. The maximum Gasteiger partial charge on any atom is 0.119 e. The molecule has 0 aromatic heterocycles. The fraction of sp³-hybridized carbons (Fsp3) is 0.524. The molecule has 0 amide bonds. The van der Waals surface area contributed by atoms with Crippen LogP contribution in [0.2, 0.25) is 0 Å². The number of aliphatic hydroxyl groups is 3. The Bertz CT molecular complexity index is 651. The number of benzene rings is 1. The summed E-state index contributed by atoms with van der Waals surface area (Å²) in [5.41, 5.74) is 2.39. The van der Waals surface area contributed by atoms with Gasteiger partial charge in [0.25, 0.3) is 0 Å². The maximum absolute atomic E-state index is 9.60. The van der Waals surface area contributed by atoms with Gasteiger partial charge in [0.05, 0.1) is 18.5 Å². The molecule has 0 bridgehead atoms. The zero-order valence-electron chi connectivity index (χ0n) is 15.9. The molecule has 2 rings (SSSR count). The Balaban J connectivity index is 2.00. The Morgan fingerprint density at radius 2 is 1.67 bits per heavy atom. The lowest BCUT2D eigenvalue weighted by Gasteiger charge is -2.31. The predicted molar refractivity (Wildman–Crippen MR) is 114 cm³/mol. The van der Waals surface area contributed by atoms with Crippen molar-refractivity contribution in [3.63, 3.8) is 0 Å². The molecule has 0 fully saturated rings. The molecule has 1 aromatic rings. The fourth-order valence-corrected chi connectivity index (χ4v) is 3.16. The van der Waals surface area contributed by atoms with Crippen LogP contribution in [0.15, 0.2) is 47.7 Å². The average molecular weight is 488 g/mol. The molecule has 2 atom stereocenters. The fourth-order valence-electron chi connectivity index (χ4n) is 2.91. The van der Waals surface area contributed by atoms with Crippen molar-refractivity contribution >= 4 is 22.6 Å². The Morgan fingerprint density at radius 1 is 1.00 bits per heavy atom. The normalized spacial score (nSPS) is 17.0. The number of ether oxygens (including phenoxy) is 2. The van der Waals surface area contributed by atoms with Gasteiger partial charge in [-0.2, -0.15) is 0 Å². The molecule has 27 heavy (non-hydrogen) atoms. The van der Waals surface area contributed by atoms with Gasteiger partial charge >= 0.3 is 0 Å². The zero-order valence-corrected chi connectivity index (χ0v) is 18.1. The molecule has 1 aromatic carbocycles. The van der Waals surface area contributed by atoms with Crippen LogP contribution in [0.1, 0.15) is 32.3 Å². The van der Waals surface area contributed by atoms with Crippen LogP contribution in [0.5, 0.6) is 5.75 Å². The van der Waals surface area contributed by atoms with Gasteiger partial charge in [-0.3, -0.25) is 0 Å². The van der Waals surface area contributed by atoms with E-state index in [1.807, 2.05) is 18.2 Å². The third-order valence-corrected chi connectivity index (χ3v) is 5.80. The number of rotatable bonds is 10. The van der Waals surface area contributed by atoms with Crippen molar-refractivity contribution in [1.29, 1.82) is 0 Å². The van der Waals surface area contributed by atoms with Crippen molar-refractivity contribution in [3.05, 3.63) is 53.3 Å². The molecule has 6 heteroatoms. The molecule has 0 heterocycles. The lowest BCUT2D eigenvalue weighted by atomic mass is 9.74. The molecule has 0 radical (unpaired) electrons. The van der Waals surface area contributed by atoms with E-state index in [9.17, 15) is 10.2 Å². The summed E-state index contributed by atoms with van der Waals surface area (Å²) in [4.78, 5) is 0. The van der Waals surface area contributed by atoms with Crippen LogP contribution in [-0.2, 0) is 10.2 Å². The first-order valence-corrected chi connectivity index (χ1v) is 10.7. The van der Waals surface area contributed by atoms with E-state index in [-0.39, 0.29) is 18.6 Å². The number of alkyl halides is 1. The molecule has 3 N–H and O–H groups in total. The summed E-state index contributed by atoms with van der Waals surface area (Å²) in [5, 5.41) is 27.8. The molecule has 0 saturated heterocycles. The summed E-state index contributed by atoms with van der Waals surface area (Å²) in [6, 6.07) is 8.03. The van der Waals surface area contributed by atoms with Crippen LogP contribution in [-0.4, -0.2) is 51.8 Å². The van der Waals surface area contributed by atoms with Crippen LogP contribution in [0.3, 0.4) is 0 Å². The number of allylic oxidation sites excluding steroid dienone is 4. The first kappa shape index (κ1) is 22.2. The average Bonchev–Trinajstić information content (AvgIpc) is 2.70. The van der Waals surface area contributed by atoms with E-state index in [0.29, 0.717) is 11.0 Å². The number of aliphatic hydroxyl groups excluding tert-OH is 3. The van der Waals surface area contributed by atoms with Gasteiger partial charge in [-0.05, 0) is 30.2 Å². The Kier molecular flexibility index (Phi) is 8.60. The highest BCUT2D eigenvalue weighted by Crippen LogP contribution is 2.37. The first-order valence-electron chi connectivity index (χ1n) is 9.16. The minimum absolute atomic E-state index is 0.114. The van der Waals surface area contributed by atoms with Crippen LogP contribution < -0.4 is 4.74 Å². The van der Waals surface area contributed by atoms with Gasteiger partial charge < -0.3 is 24.8 Å². The van der Waals surface area contributed by atoms with Crippen LogP contribution >= 0.6 is 22.6 Å². The van der Waals surface area contributed by atoms with E-state index in [2.05, 4.69) is 54.6 Å². The minimum Gasteiger partial charge on any atom is -0.495 e. The largest absolute Gasteiger partial charge is 0.495 e. The van der Waals surface area contributed by atoms with E-state index < -0.39 is 12.2 Å². The Hall–Kier alpha value is -1.09. The Labute approximate surface area is 174 Å². The van der Waals surface area contributed by atoms with Crippen molar-refractivity contribution in [2.24, 2.45) is 0 Å². The van der Waals surface area contributed by atoms with E-state index in [1.165, 1.54) is 11.1 Å². The lowest BCUT2D eigenvalue weighted by Crippen LogP contribution is -2.23. The highest BCUT2D eigenvalue weighted by molar-refractivity contribution is 14.1. The highest BCUT2D eigenvalue weighted by atomic mass is 127. The van der Waals surface area contributed by atoms with Gasteiger partial charge in [-0.15, -0.1) is 0 Å². The third-order valence-electron chi connectivity index (χ3n) is 4.78. The summed E-state index contributed by atoms with van der Waals surface area (Å²) >= 11 is 2.13. The second-order valence-corrected chi connectivity index (χ2v) is 8.12. The van der Waals surface area contributed by atoms with Crippen molar-refractivity contribution in [2.45, 2.75) is 44.3 Å². The van der Waals surface area contributed by atoms with Gasteiger partial charge in [0, 0.05) is 16.3 Å². The molecular weight excluding hydrogens is 459 g/mol. The minimum atomic E-state index is -0.841. The van der Waals surface area contributed by atoms with Crippen LogP contribution in [0.4, 0.5) is 0 Å². The SMILES string of the molecule is CC(C)(C1=CC=C(OCC(O)CO)CC1)c1ccc(OCC(O)CI)cc1. The second kappa shape index (κ2) is 10.5. The molecule has 1 aliphatic carbocycles. The second-order valence-electron chi connectivity index (χ2n) is 7.24. The zero-order chi connectivity index (χ0) is 19.9. The summed E-state index contributed by atoms with van der Waals surface area (Å²) < 4.78 is 11.8. The van der Waals surface area contributed by atoms with E-state index in [0.717, 1.165) is 24.4 Å². The Morgan fingerprint density at radius 3 is 2.22 bits per heavy atom. The van der Waals surface area contributed by atoms with Gasteiger partial charge in [0.2, 0.25) is 0 Å². The summed E-state index contributed by atoms with van der Waals surface area (Å²) in [6.07, 6.45) is 4.41. The van der Waals surface area contributed by atoms with E-state index in [1.54, 1.807) is 0 Å². The monoisotopic (exact) mass is 488 g/mol. The molecule has 0 aliphatic heterocycles. The van der Waals surface area contributed by atoms with Gasteiger partial charge in [0.15, 0.2) is 0 Å². The maximum atomic E-state index is 9.60. The smallest absolute Gasteiger partial charge is 0.119 e. The van der Waals surface area contributed by atoms with Crippen LogP contribution in [0, 0.1) is 0 Å². The topological polar surface area (TPSA) is 79.2 Å².